The van der Waals surface area contributed by atoms with E-state index < -0.39 is 5.97 Å². The molecule has 2 aromatic rings. The van der Waals surface area contributed by atoms with Crippen LogP contribution < -0.4 is 4.74 Å². The summed E-state index contributed by atoms with van der Waals surface area (Å²) in [6.07, 6.45) is 0. The highest BCUT2D eigenvalue weighted by molar-refractivity contribution is 6.30. The Morgan fingerprint density at radius 1 is 1.25 bits per heavy atom. The molecule has 0 fully saturated rings. The van der Waals surface area contributed by atoms with E-state index in [0.29, 0.717) is 5.02 Å². The average molecular weight is 288 g/mol. The normalized spacial score (nSPS) is 9.85. The van der Waals surface area contributed by atoms with Gasteiger partial charge in [0.2, 0.25) is 0 Å². The summed E-state index contributed by atoms with van der Waals surface area (Å²) >= 11 is 5.86. The Labute approximate surface area is 120 Å². The molecule has 0 heterocycles. The zero-order chi connectivity index (χ0) is 14.7. The van der Waals surface area contributed by atoms with Crippen molar-refractivity contribution < 1.29 is 14.6 Å². The molecule has 0 aliphatic rings. The molecule has 0 spiro atoms. The van der Waals surface area contributed by atoms with Crippen LogP contribution in [0.4, 0.5) is 0 Å². The van der Waals surface area contributed by atoms with Crippen molar-refractivity contribution in [2.24, 2.45) is 0 Å². The maximum atomic E-state index is 11.2. The van der Waals surface area contributed by atoms with Gasteiger partial charge < -0.3 is 9.84 Å². The average Bonchev–Trinajstić information content (AvgIpc) is 2.41. The third-order valence-corrected chi connectivity index (χ3v) is 2.88. The van der Waals surface area contributed by atoms with Gasteiger partial charge in [0.05, 0.1) is 5.56 Å². The highest BCUT2D eigenvalue weighted by atomic mass is 35.5. The van der Waals surface area contributed by atoms with Gasteiger partial charge in [0.15, 0.2) is 0 Å². The molecule has 0 aromatic heterocycles. The Bertz CT molecular complexity index is 720. The van der Waals surface area contributed by atoms with E-state index >= 15 is 0 Å². The van der Waals surface area contributed by atoms with Crippen molar-refractivity contribution in [3.05, 3.63) is 58.1 Å². The first-order chi connectivity index (χ1) is 9.51. The van der Waals surface area contributed by atoms with Gasteiger partial charge >= 0.3 is 5.97 Å². The third-order valence-electron chi connectivity index (χ3n) is 2.65. The van der Waals surface area contributed by atoms with Crippen LogP contribution in [0.15, 0.2) is 36.4 Å². The molecule has 2 aromatic carbocycles. The van der Waals surface area contributed by atoms with Gasteiger partial charge in [-0.3, -0.25) is 0 Å². The molecule has 0 saturated heterocycles. The number of benzene rings is 2. The molecule has 1 N–H and O–H groups in total. The van der Waals surface area contributed by atoms with Crippen LogP contribution in [0.2, 0.25) is 5.02 Å². The van der Waals surface area contributed by atoms with Crippen molar-refractivity contribution in [1.82, 2.24) is 0 Å². The number of aryl methyl sites for hydroxylation is 1. The number of rotatable bonds is 3. The molecule has 20 heavy (non-hydrogen) atoms. The van der Waals surface area contributed by atoms with Crippen LogP contribution in [-0.4, -0.2) is 11.1 Å². The van der Waals surface area contributed by atoms with Gasteiger partial charge in [0, 0.05) is 11.1 Å². The predicted molar refractivity (Wildman–Crippen MR) is 74.4 cm³/mol. The topological polar surface area (TPSA) is 70.3 Å². The summed E-state index contributed by atoms with van der Waals surface area (Å²) in [7, 11) is 0. The molecule has 0 atom stereocenters. The number of carboxylic acids is 1. The van der Waals surface area contributed by atoms with Crippen molar-refractivity contribution in [2.45, 2.75) is 6.92 Å². The molecule has 2 rings (SSSR count). The number of ether oxygens (including phenoxy) is 1. The molecule has 0 bridgehead atoms. The van der Waals surface area contributed by atoms with Crippen LogP contribution >= 0.6 is 11.6 Å². The van der Waals surface area contributed by atoms with Crippen LogP contribution in [0.1, 0.15) is 21.5 Å². The standard InChI is InChI=1S/C15H10ClNO3/c1-9-2-5-13(12(6-9)15(18)19)20-14-7-11(16)4-3-10(14)8-17/h2-7H,1H3,(H,18,19). The molecule has 0 unspecified atom stereocenters. The molecule has 0 amide bonds. The highest BCUT2D eigenvalue weighted by Crippen LogP contribution is 2.30. The van der Waals surface area contributed by atoms with Gasteiger partial charge in [-0.15, -0.1) is 0 Å². The summed E-state index contributed by atoms with van der Waals surface area (Å²) in [5.41, 5.74) is 1.13. The summed E-state index contributed by atoms with van der Waals surface area (Å²) < 4.78 is 5.54. The second-order valence-corrected chi connectivity index (χ2v) is 4.60. The van der Waals surface area contributed by atoms with E-state index in [0.717, 1.165) is 5.56 Å². The summed E-state index contributed by atoms with van der Waals surface area (Å²) in [4.78, 5) is 11.2. The predicted octanol–water partition coefficient (Wildman–Crippen LogP) is 4.01. The highest BCUT2D eigenvalue weighted by Gasteiger charge is 2.14. The number of nitrogens with zero attached hydrogens (tertiary/aromatic N) is 1. The van der Waals surface area contributed by atoms with Gasteiger partial charge in [-0.1, -0.05) is 23.2 Å². The molecule has 4 nitrogen and oxygen atoms in total. The van der Waals surface area contributed by atoms with Crippen LogP contribution in [0.3, 0.4) is 0 Å². The Hall–Kier alpha value is -2.51. The lowest BCUT2D eigenvalue weighted by Gasteiger charge is -2.11. The zero-order valence-electron chi connectivity index (χ0n) is 10.6. The van der Waals surface area contributed by atoms with Gasteiger partial charge in [0.1, 0.15) is 23.1 Å². The van der Waals surface area contributed by atoms with Crippen LogP contribution in [0.25, 0.3) is 0 Å². The van der Waals surface area contributed by atoms with Gasteiger partial charge in [-0.2, -0.15) is 5.26 Å². The number of carboxylic acid groups (broad SMARTS) is 1. The van der Waals surface area contributed by atoms with E-state index in [-0.39, 0.29) is 22.6 Å². The summed E-state index contributed by atoms with van der Waals surface area (Å²) in [6.45, 7) is 1.79. The van der Waals surface area contributed by atoms with Gasteiger partial charge in [-0.05, 0) is 31.2 Å². The van der Waals surface area contributed by atoms with Crippen molar-refractivity contribution >= 4 is 17.6 Å². The van der Waals surface area contributed by atoms with Gasteiger partial charge in [-0.25, -0.2) is 4.79 Å². The first-order valence-corrected chi connectivity index (χ1v) is 6.10. The summed E-state index contributed by atoms with van der Waals surface area (Å²) in [5.74, 6) is -0.697. The largest absolute Gasteiger partial charge is 0.478 e. The zero-order valence-corrected chi connectivity index (χ0v) is 11.3. The lowest BCUT2D eigenvalue weighted by atomic mass is 10.1. The molecule has 0 aliphatic carbocycles. The number of nitriles is 1. The maximum Gasteiger partial charge on any atom is 0.339 e. The summed E-state index contributed by atoms with van der Waals surface area (Å²) in [5, 5.41) is 18.6. The number of hydrogen-bond acceptors (Lipinski definition) is 3. The number of aromatic carboxylic acids is 1. The Morgan fingerprint density at radius 3 is 2.65 bits per heavy atom. The second kappa shape index (κ2) is 5.64. The fraction of sp³-hybridized carbons (Fsp3) is 0.0667. The molecule has 0 aliphatic heterocycles. The van der Waals surface area contributed by atoms with E-state index in [4.69, 9.17) is 21.6 Å². The number of hydrogen-bond donors (Lipinski definition) is 1. The minimum absolute atomic E-state index is 0.0360. The monoisotopic (exact) mass is 287 g/mol. The van der Waals surface area contributed by atoms with Crippen LogP contribution in [0.5, 0.6) is 11.5 Å². The Kier molecular flexibility index (Phi) is 3.92. The second-order valence-electron chi connectivity index (χ2n) is 4.16. The Morgan fingerprint density at radius 2 is 2.00 bits per heavy atom. The van der Waals surface area contributed by atoms with Crippen molar-refractivity contribution in [1.29, 1.82) is 5.26 Å². The van der Waals surface area contributed by atoms with Crippen molar-refractivity contribution in [3.8, 4) is 17.6 Å². The first kappa shape index (κ1) is 13.9. The van der Waals surface area contributed by atoms with Gasteiger partial charge in [0.25, 0.3) is 0 Å². The number of carbonyl (C=O) groups is 1. The quantitative estimate of drug-likeness (QED) is 0.926. The first-order valence-electron chi connectivity index (χ1n) is 5.72. The fourth-order valence-corrected chi connectivity index (χ4v) is 1.85. The Balaban J connectivity index is 2.48. The molecule has 0 saturated carbocycles. The number of halogens is 1. The molecule has 0 radical (unpaired) electrons. The van der Waals surface area contributed by atoms with E-state index in [1.165, 1.54) is 18.2 Å². The fourth-order valence-electron chi connectivity index (χ4n) is 1.69. The lowest BCUT2D eigenvalue weighted by molar-refractivity contribution is 0.0694. The third kappa shape index (κ3) is 2.90. The minimum Gasteiger partial charge on any atom is -0.478 e. The maximum absolute atomic E-state index is 11.2. The van der Waals surface area contributed by atoms with Crippen LogP contribution in [0, 0.1) is 18.3 Å². The minimum atomic E-state index is -1.09. The van der Waals surface area contributed by atoms with E-state index in [1.807, 2.05) is 6.07 Å². The SMILES string of the molecule is Cc1ccc(Oc2cc(Cl)ccc2C#N)c(C(=O)O)c1. The smallest absolute Gasteiger partial charge is 0.339 e. The van der Waals surface area contributed by atoms with E-state index in [1.54, 1.807) is 25.1 Å². The van der Waals surface area contributed by atoms with Crippen LogP contribution in [-0.2, 0) is 0 Å². The van der Waals surface area contributed by atoms with Crippen molar-refractivity contribution in [2.75, 3.05) is 0 Å². The molecular formula is C15H10ClNO3. The van der Waals surface area contributed by atoms with Crippen molar-refractivity contribution in [3.63, 3.8) is 0 Å². The summed E-state index contributed by atoms with van der Waals surface area (Å²) in [6, 6.07) is 11.3. The van der Waals surface area contributed by atoms with E-state index in [9.17, 15) is 9.90 Å². The molecule has 100 valence electrons. The lowest BCUT2D eigenvalue weighted by Crippen LogP contribution is -2.01. The molecular weight excluding hydrogens is 278 g/mol. The van der Waals surface area contributed by atoms with E-state index in [2.05, 4.69) is 0 Å². The molecule has 5 heteroatoms.